The summed E-state index contributed by atoms with van der Waals surface area (Å²) in [5, 5.41) is 16.3. The monoisotopic (exact) mass is 367 g/mol. The number of benzene rings is 3. The number of nitrogens with one attached hydrogen (secondary N) is 1. The highest BCUT2D eigenvalue weighted by Gasteiger charge is 2.22. The van der Waals surface area contributed by atoms with Crippen LogP contribution in [0.5, 0.6) is 5.75 Å². The van der Waals surface area contributed by atoms with Gasteiger partial charge in [-0.2, -0.15) is 0 Å². The van der Waals surface area contributed by atoms with Gasteiger partial charge in [0, 0.05) is 17.0 Å². The predicted octanol–water partition coefficient (Wildman–Crippen LogP) is 5.59. The quantitative estimate of drug-likeness (QED) is 0.596. The summed E-state index contributed by atoms with van der Waals surface area (Å²) in [5.41, 5.74) is 1.58. The van der Waals surface area contributed by atoms with Gasteiger partial charge in [0.25, 0.3) is 0 Å². The smallest absolute Gasteiger partial charge is 0.220 e. The third-order valence-corrected chi connectivity index (χ3v) is 4.75. The van der Waals surface area contributed by atoms with Gasteiger partial charge in [0.2, 0.25) is 5.91 Å². The Morgan fingerprint density at radius 3 is 2.54 bits per heavy atom. The molecule has 134 valence electrons. The van der Waals surface area contributed by atoms with Crippen LogP contribution >= 0.6 is 11.6 Å². The number of aromatic hydroxyl groups is 1. The van der Waals surface area contributed by atoms with Crippen LogP contribution in [-0.4, -0.2) is 11.0 Å². The molecule has 2 N–H and O–H groups in total. The summed E-state index contributed by atoms with van der Waals surface area (Å²) in [4.78, 5) is 12.5. The predicted molar refractivity (Wildman–Crippen MR) is 107 cm³/mol. The van der Waals surface area contributed by atoms with Crippen LogP contribution in [0.15, 0.2) is 60.7 Å². The first-order chi connectivity index (χ1) is 12.6. The van der Waals surface area contributed by atoms with Crippen LogP contribution in [0.2, 0.25) is 5.02 Å². The Morgan fingerprint density at radius 2 is 1.81 bits per heavy atom. The van der Waals surface area contributed by atoms with E-state index in [1.165, 1.54) is 0 Å². The lowest BCUT2D eigenvalue weighted by atomic mass is 9.92. The van der Waals surface area contributed by atoms with E-state index in [-0.39, 0.29) is 11.7 Å². The van der Waals surface area contributed by atoms with Crippen molar-refractivity contribution >= 4 is 28.3 Å². The van der Waals surface area contributed by atoms with Gasteiger partial charge in [-0.3, -0.25) is 4.79 Å². The van der Waals surface area contributed by atoms with Gasteiger partial charge in [0.15, 0.2) is 0 Å². The molecule has 1 atom stereocenters. The topological polar surface area (TPSA) is 49.3 Å². The molecule has 0 aliphatic rings. The highest BCUT2D eigenvalue weighted by molar-refractivity contribution is 6.30. The number of hydrogen-bond acceptors (Lipinski definition) is 2. The molecule has 0 spiro atoms. The highest BCUT2D eigenvalue weighted by Crippen LogP contribution is 2.36. The van der Waals surface area contributed by atoms with Gasteiger partial charge in [-0.15, -0.1) is 0 Å². The normalized spacial score (nSPS) is 12.1. The van der Waals surface area contributed by atoms with Crippen LogP contribution in [-0.2, 0) is 4.79 Å². The highest BCUT2D eigenvalue weighted by atomic mass is 35.5. The molecule has 0 aliphatic carbocycles. The van der Waals surface area contributed by atoms with Gasteiger partial charge >= 0.3 is 0 Å². The fourth-order valence-electron chi connectivity index (χ4n) is 3.14. The van der Waals surface area contributed by atoms with Crippen LogP contribution in [0.3, 0.4) is 0 Å². The van der Waals surface area contributed by atoms with Crippen molar-refractivity contribution in [2.45, 2.75) is 32.2 Å². The summed E-state index contributed by atoms with van der Waals surface area (Å²) in [6, 6.07) is 18.3. The minimum atomic E-state index is -0.442. The molecule has 26 heavy (non-hydrogen) atoms. The summed E-state index contributed by atoms with van der Waals surface area (Å²) < 4.78 is 0. The van der Waals surface area contributed by atoms with Crippen LogP contribution in [0.25, 0.3) is 10.8 Å². The van der Waals surface area contributed by atoms with Crippen molar-refractivity contribution in [1.82, 2.24) is 5.32 Å². The third kappa shape index (κ3) is 4.00. The van der Waals surface area contributed by atoms with E-state index in [1.807, 2.05) is 42.5 Å². The lowest BCUT2D eigenvalue weighted by Crippen LogP contribution is -2.29. The number of carbonyl (C=O) groups excluding carboxylic acids is 1. The molecule has 0 aromatic heterocycles. The van der Waals surface area contributed by atoms with E-state index in [1.54, 1.807) is 18.2 Å². The molecule has 3 nitrogen and oxygen atoms in total. The van der Waals surface area contributed by atoms with Crippen molar-refractivity contribution in [3.63, 3.8) is 0 Å². The van der Waals surface area contributed by atoms with Crippen LogP contribution in [0.1, 0.15) is 43.4 Å². The first kappa shape index (κ1) is 18.3. The largest absolute Gasteiger partial charge is 0.508 e. The second-order valence-corrected chi connectivity index (χ2v) is 6.81. The standard InChI is InChI=1S/C22H22ClNO2/c1-2-3-8-20(26)24-22(16-9-12-17(23)13-10-16)21-18-7-5-4-6-15(18)11-14-19(21)25/h4-7,9-14,22,25H,2-3,8H2,1H3,(H,24,26). The third-order valence-electron chi connectivity index (χ3n) is 4.50. The Bertz CT molecular complexity index is 906. The van der Waals surface area contributed by atoms with Crippen molar-refractivity contribution in [3.8, 4) is 5.75 Å². The molecule has 1 unspecified atom stereocenters. The molecule has 0 saturated carbocycles. The number of halogens is 1. The summed E-state index contributed by atoms with van der Waals surface area (Å²) in [6.45, 7) is 2.06. The number of phenols is 1. The molecule has 0 heterocycles. The average molecular weight is 368 g/mol. The zero-order valence-corrected chi connectivity index (χ0v) is 15.5. The lowest BCUT2D eigenvalue weighted by molar-refractivity contribution is -0.121. The zero-order valence-electron chi connectivity index (χ0n) is 14.7. The SMILES string of the molecule is CCCCC(=O)NC(c1ccc(Cl)cc1)c1c(O)ccc2ccccc12. The number of amides is 1. The minimum Gasteiger partial charge on any atom is -0.508 e. The fourth-order valence-corrected chi connectivity index (χ4v) is 3.26. The number of carbonyl (C=O) groups is 1. The molecule has 3 rings (SSSR count). The molecule has 0 saturated heterocycles. The molecular formula is C22H22ClNO2. The molecule has 0 aliphatic heterocycles. The van der Waals surface area contributed by atoms with Crippen LogP contribution in [0.4, 0.5) is 0 Å². The fraction of sp³-hybridized carbons (Fsp3) is 0.227. The van der Waals surface area contributed by atoms with Crippen molar-refractivity contribution in [1.29, 1.82) is 0 Å². The number of fused-ring (bicyclic) bond motifs is 1. The Morgan fingerprint density at radius 1 is 1.08 bits per heavy atom. The van der Waals surface area contributed by atoms with Gasteiger partial charge in [0.05, 0.1) is 6.04 Å². The number of rotatable bonds is 6. The zero-order chi connectivity index (χ0) is 18.5. The first-order valence-corrected chi connectivity index (χ1v) is 9.23. The number of unbranched alkanes of at least 4 members (excludes halogenated alkanes) is 1. The van der Waals surface area contributed by atoms with Gasteiger partial charge in [-0.25, -0.2) is 0 Å². The van der Waals surface area contributed by atoms with E-state index in [0.29, 0.717) is 17.0 Å². The Balaban J connectivity index is 2.10. The Hall–Kier alpha value is -2.52. The molecule has 1 amide bonds. The summed E-state index contributed by atoms with van der Waals surface area (Å²) in [6.07, 6.45) is 2.26. The Labute approximate surface area is 158 Å². The van der Waals surface area contributed by atoms with Crippen molar-refractivity contribution < 1.29 is 9.90 Å². The van der Waals surface area contributed by atoms with Crippen molar-refractivity contribution in [3.05, 3.63) is 76.8 Å². The van der Waals surface area contributed by atoms with Crippen molar-refractivity contribution in [2.75, 3.05) is 0 Å². The van der Waals surface area contributed by atoms with Gasteiger partial charge in [-0.05, 0) is 41.0 Å². The molecule has 3 aromatic carbocycles. The second-order valence-electron chi connectivity index (χ2n) is 6.38. The van der Waals surface area contributed by atoms with Crippen LogP contribution in [0, 0.1) is 0 Å². The van der Waals surface area contributed by atoms with E-state index in [0.717, 1.165) is 29.2 Å². The maximum Gasteiger partial charge on any atom is 0.220 e. The maximum absolute atomic E-state index is 12.5. The number of hydrogen-bond donors (Lipinski definition) is 2. The van der Waals surface area contributed by atoms with E-state index in [4.69, 9.17) is 11.6 Å². The molecule has 0 fully saturated rings. The van der Waals surface area contributed by atoms with E-state index < -0.39 is 6.04 Å². The van der Waals surface area contributed by atoms with Gasteiger partial charge < -0.3 is 10.4 Å². The lowest BCUT2D eigenvalue weighted by Gasteiger charge is -2.23. The summed E-state index contributed by atoms with van der Waals surface area (Å²) >= 11 is 6.03. The molecular weight excluding hydrogens is 346 g/mol. The van der Waals surface area contributed by atoms with E-state index in [2.05, 4.69) is 12.2 Å². The number of phenolic OH excluding ortho intramolecular Hbond substituents is 1. The first-order valence-electron chi connectivity index (χ1n) is 8.85. The summed E-state index contributed by atoms with van der Waals surface area (Å²) in [5.74, 6) is 0.138. The second kappa shape index (κ2) is 8.24. The van der Waals surface area contributed by atoms with E-state index in [9.17, 15) is 9.90 Å². The van der Waals surface area contributed by atoms with Gasteiger partial charge in [0.1, 0.15) is 5.75 Å². The molecule has 3 aromatic rings. The summed E-state index contributed by atoms with van der Waals surface area (Å²) in [7, 11) is 0. The van der Waals surface area contributed by atoms with Crippen molar-refractivity contribution in [2.24, 2.45) is 0 Å². The van der Waals surface area contributed by atoms with Gasteiger partial charge in [-0.1, -0.05) is 67.4 Å². The Kier molecular flexibility index (Phi) is 5.79. The molecule has 4 heteroatoms. The maximum atomic E-state index is 12.5. The van der Waals surface area contributed by atoms with Crippen LogP contribution < -0.4 is 5.32 Å². The molecule has 0 bridgehead atoms. The molecule has 0 radical (unpaired) electrons. The average Bonchev–Trinajstić information content (AvgIpc) is 2.65. The van der Waals surface area contributed by atoms with E-state index >= 15 is 0 Å². The minimum absolute atomic E-state index is 0.0286.